The molecule has 3 rings (SSSR count). The molecular weight excluding hydrogens is 318 g/mol. The molecule has 0 unspecified atom stereocenters. The van der Waals surface area contributed by atoms with Crippen LogP contribution in [0.3, 0.4) is 0 Å². The highest BCUT2D eigenvalue weighted by molar-refractivity contribution is 5.74. The van der Waals surface area contributed by atoms with Gasteiger partial charge in [0.05, 0.1) is 6.10 Å². The van der Waals surface area contributed by atoms with E-state index in [1.165, 1.54) is 0 Å². The average Bonchev–Trinajstić information content (AvgIpc) is 2.68. The van der Waals surface area contributed by atoms with E-state index in [0.717, 1.165) is 24.9 Å². The van der Waals surface area contributed by atoms with Crippen LogP contribution in [0.15, 0.2) is 48.8 Å². The van der Waals surface area contributed by atoms with Crippen LogP contribution in [0.25, 0.3) is 0 Å². The van der Waals surface area contributed by atoms with Gasteiger partial charge in [0.15, 0.2) is 0 Å². The van der Waals surface area contributed by atoms with Gasteiger partial charge in [0.2, 0.25) is 5.95 Å². The van der Waals surface area contributed by atoms with Crippen LogP contribution in [0.1, 0.15) is 24.5 Å². The maximum Gasteiger partial charge on any atom is 0.315 e. The van der Waals surface area contributed by atoms with Crippen molar-refractivity contribution in [1.29, 1.82) is 0 Å². The predicted molar refractivity (Wildman–Crippen MR) is 95.2 cm³/mol. The Morgan fingerprint density at radius 1 is 1.24 bits per heavy atom. The highest BCUT2D eigenvalue weighted by Gasteiger charge is 2.23. The van der Waals surface area contributed by atoms with E-state index >= 15 is 0 Å². The zero-order chi connectivity index (χ0) is 17.5. The molecule has 0 spiro atoms. The molecular formula is C18H23N5O2. The van der Waals surface area contributed by atoms with Gasteiger partial charge < -0.3 is 20.6 Å². The predicted octanol–water partition coefficient (Wildman–Crippen LogP) is 1.48. The van der Waals surface area contributed by atoms with Crippen molar-refractivity contribution in [1.82, 2.24) is 20.6 Å². The molecule has 1 fully saturated rings. The number of hydrogen-bond acceptors (Lipinski definition) is 5. The summed E-state index contributed by atoms with van der Waals surface area (Å²) in [6.07, 6.45) is 4.61. The van der Waals surface area contributed by atoms with Crippen molar-refractivity contribution >= 4 is 12.0 Å². The molecule has 7 nitrogen and oxygen atoms in total. The van der Waals surface area contributed by atoms with E-state index in [1.807, 2.05) is 30.3 Å². The number of aliphatic hydroxyl groups is 1. The van der Waals surface area contributed by atoms with E-state index < -0.39 is 6.10 Å². The number of nitrogens with one attached hydrogen (secondary N) is 2. The van der Waals surface area contributed by atoms with Crippen LogP contribution in [0.4, 0.5) is 10.7 Å². The average molecular weight is 341 g/mol. The third-order valence-electron chi connectivity index (χ3n) is 4.23. The standard InChI is InChI=1S/C18H23N5O2/c24-16(14-6-2-1-3-7-14)12-21-18(25)22-15-8-4-11-23(13-15)17-19-9-5-10-20-17/h1-3,5-7,9-10,15-16,24H,4,8,11-13H2,(H2,21,22,25)/t15-,16-/m0/s1. The zero-order valence-corrected chi connectivity index (χ0v) is 14.0. The van der Waals surface area contributed by atoms with Gasteiger partial charge in [0, 0.05) is 38.1 Å². The second-order valence-corrected chi connectivity index (χ2v) is 6.11. The summed E-state index contributed by atoms with van der Waals surface area (Å²) in [7, 11) is 0. The van der Waals surface area contributed by atoms with Crippen LogP contribution < -0.4 is 15.5 Å². The van der Waals surface area contributed by atoms with E-state index in [9.17, 15) is 9.90 Å². The highest BCUT2D eigenvalue weighted by atomic mass is 16.3. The lowest BCUT2D eigenvalue weighted by atomic mass is 10.1. The first-order valence-electron chi connectivity index (χ1n) is 8.51. The lowest BCUT2D eigenvalue weighted by molar-refractivity contribution is 0.172. The van der Waals surface area contributed by atoms with Crippen molar-refractivity contribution < 1.29 is 9.90 Å². The third-order valence-corrected chi connectivity index (χ3v) is 4.23. The molecule has 1 saturated heterocycles. The molecule has 1 aromatic carbocycles. The number of amides is 2. The molecule has 1 aliphatic rings. The van der Waals surface area contributed by atoms with Crippen molar-refractivity contribution in [3.8, 4) is 0 Å². The van der Waals surface area contributed by atoms with Crippen LogP contribution in [0.2, 0.25) is 0 Å². The first-order chi connectivity index (χ1) is 12.2. The highest BCUT2D eigenvalue weighted by Crippen LogP contribution is 2.15. The van der Waals surface area contributed by atoms with Gasteiger partial charge in [-0.05, 0) is 24.5 Å². The lowest BCUT2D eigenvalue weighted by Crippen LogP contribution is -2.51. The molecule has 0 radical (unpaired) electrons. The molecule has 132 valence electrons. The minimum absolute atomic E-state index is 0.0337. The first kappa shape index (κ1) is 17.2. The molecule has 3 N–H and O–H groups in total. The summed E-state index contributed by atoms with van der Waals surface area (Å²) < 4.78 is 0. The minimum Gasteiger partial charge on any atom is -0.387 e. The normalized spacial score (nSPS) is 18.4. The molecule has 1 aliphatic heterocycles. The summed E-state index contributed by atoms with van der Waals surface area (Å²) in [5, 5.41) is 15.8. The number of nitrogens with zero attached hydrogens (tertiary/aromatic N) is 3. The molecule has 25 heavy (non-hydrogen) atoms. The van der Waals surface area contributed by atoms with E-state index in [1.54, 1.807) is 18.5 Å². The quantitative estimate of drug-likeness (QED) is 0.766. The zero-order valence-electron chi connectivity index (χ0n) is 14.0. The van der Waals surface area contributed by atoms with E-state index in [-0.39, 0.29) is 18.6 Å². The second-order valence-electron chi connectivity index (χ2n) is 6.11. The molecule has 0 saturated carbocycles. The number of piperidine rings is 1. The van der Waals surface area contributed by atoms with Crippen molar-refractivity contribution in [2.24, 2.45) is 0 Å². The van der Waals surface area contributed by atoms with Gasteiger partial charge in [-0.15, -0.1) is 0 Å². The van der Waals surface area contributed by atoms with Gasteiger partial charge in [-0.25, -0.2) is 14.8 Å². The number of hydrogen-bond donors (Lipinski definition) is 3. The van der Waals surface area contributed by atoms with Crippen LogP contribution in [-0.4, -0.2) is 46.8 Å². The topological polar surface area (TPSA) is 90.4 Å². The fourth-order valence-corrected chi connectivity index (χ4v) is 2.95. The number of carbonyl (C=O) groups excluding carboxylic acids is 1. The Kier molecular flexibility index (Phi) is 5.79. The summed E-state index contributed by atoms with van der Waals surface area (Å²) in [4.78, 5) is 22.7. The Bertz CT molecular complexity index is 668. The Morgan fingerprint density at radius 3 is 2.76 bits per heavy atom. The molecule has 2 heterocycles. The molecule has 0 bridgehead atoms. The fourth-order valence-electron chi connectivity index (χ4n) is 2.95. The number of benzene rings is 1. The van der Waals surface area contributed by atoms with Crippen LogP contribution >= 0.6 is 0 Å². The van der Waals surface area contributed by atoms with Gasteiger partial charge in [-0.2, -0.15) is 0 Å². The van der Waals surface area contributed by atoms with Gasteiger partial charge in [-0.3, -0.25) is 0 Å². The Morgan fingerprint density at radius 2 is 2.00 bits per heavy atom. The van der Waals surface area contributed by atoms with Crippen molar-refractivity contribution in [3.63, 3.8) is 0 Å². The molecule has 1 aromatic heterocycles. The lowest BCUT2D eigenvalue weighted by Gasteiger charge is -2.33. The van der Waals surface area contributed by atoms with Gasteiger partial charge >= 0.3 is 6.03 Å². The van der Waals surface area contributed by atoms with E-state index in [0.29, 0.717) is 12.5 Å². The number of rotatable bonds is 5. The third kappa shape index (κ3) is 4.90. The Labute approximate surface area is 147 Å². The maximum absolute atomic E-state index is 12.1. The van der Waals surface area contributed by atoms with Crippen molar-refractivity contribution in [2.45, 2.75) is 25.0 Å². The van der Waals surface area contributed by atoms with Gasteiger partial charge in [0.1, 0.15) is 0 Å². The number of aromatic nitrogens is 2. The Hall–Kier alpha value is -2.67. The largest absolute Gasteiger partial charge is 0.387 e. The van der Waals surface area contributed by atoms with Crippen molar-refractivity contribution in [3.05, 3.63) is 54.4 Å². The number of aliphatic hydroxyl groups excluding tert-OH is 1. The fraction of sp³-hybridized carbons (Fsp3) is 0.389. The first-order valence-corrected chi connectivity index (χ1v) is 8.51. The van der Waals surface area contributed by atoms with Crippen LogP contribution in [0, 0.1) is 0 Å². The Balaban J connectivity index is 1.46. The van der Waals surface area contributed by atoms with Gasteiger partial charge in [-0.1, -0.05) is 30.3 Å². The van der Waals surface area contributed by atoms with E-state index in [4.69, 9.17) is 0 Å². The maximum atomic E-state index is 12.1. The van der Waals surface area contributed by atoms with Crippen molar-refractivity contribution in [2.75, 3.05) is 24.5 Å². The summed E-state index contributed by atoms with van der Waals surface area (Å²) in [6, 6.07) is 10.8. The molecule has 0 aliphatic carbocycles. The summed E-state index contributed by atoms with van der Waals surface area (Å²) in [5.41, 5.74) is 0.785. The summed E-state index contributed by atoms with van der Waals surface area (Å²) in [6.45, 7) is 1.74. The monoisotopic (exact) mass is 341 g/mol. The number of carbonyl (C=O) groups is 1. The molecule has 2 atom stereocenters. The SMILES string of the molecule is O=C(NC[C@H](O)c1ccccc1)N[C@H]1CCCN(c2ncccn2)C1. The second kappa shape index (κ2) is 8.43. The molecule has 2 aromatic rings. The smallest absolute Gasteiger partial charge is 0.315 e. The number of anilines is 1. The molecule has 7 heteroatoms. The summed E-state index contributed by atoms with van der Waals surface area (Å²) >= 11 is 0. The van der Waals surface area contributed by atoms with Crippen LogP contribution in [-0.2, 0) is 0 Å². The molecule has 2 amide bonds. The number of urea groups is 1. The minimum atomic E-state index is -0.715. The summed E-state index contributed by atoms with van der Waals surface area (Å²) in [5.74, 6) is 0.689. The van der Waals surface area contributed by atoms with E-state index in [2.05, 4.69) is 25.5 Å². The van der Waals surface area contributed by atoms with Gasteiger partial charge in [0.25, 0.3) is 0 Å². The van der Waals surface area contributed by atoms with Crippen LogP contribution in [0.5, 0.6) is 0 Å².